The Morgan fingerprint density at radius 3 is 0.893 bits per heavy atom. The third-order valence-electron chi connectivity index (χ3n) is 10.0. The molecule has 5 heterocycles. The summed E-state index contributed by atoms with van der Waals surface area (Å²) < 4.78 is 62.7. The van der Waals surface area contributed by atoms with Crippen molar-refractivity contribution in [3.63, 3.8) is 0 Å². The number of anilines is 4. The molecule has 0 spiro atoms. The van der Waals surface area contributed by atoms with Gasteiger partial charge in [-0.3, -0.25) is 0 Å². The summed E-state index contributed by atoms with van der Waals surface area (Å²) in [6, 6.07) is 12.0. The molecule has 0 radical (unpaired) electrons. The predicted molar refractivity (Wildman–Crippen MR) is 213 cm³/mol. The molecule has 12 nitrogen and oxygen atoms in total. The molecule has 0 saturated heterocycles. The lowest BCUT2D eigenvalue weighted by Crippen LogP contribution is -2.10. The summed E-state index contributed by atoms with van der Waals surface area (Å²) in [5.74, 6) is -1.39. The van der Waals surface area contributed by atoms with Crippen LogP contribution in [-0.2, 0) is 0 Å². The quantitative estimate of drug-likeness (QED) is 0.173. The van der Waals surface area contributed by atoms with Crippen LogP contribution < -0.4 is 19.6 Å². The first-order valence-electron chi connectivity index (χ1n) is 17.5. The zero-order valence-corrected chi connectivity index (χ0v) is 31.6. The lowest BCUT2D eigenvalue weighted by Gasteiger charge is -2.14. The standard InChI is InChI=1S/C40H34F4N12/c1-53(2)29-13-21-17(9-25(29)41)33-45-34-19-11-27(43)31(55(5)6)15-23(19)39(49-34)52-40-24-16-32(56(7)8)28(44)12-20(24)36(50-40)46-35-18-10-26(42)30(54(3)4)14-22(18)38(48-35)51-37(21)47-33/h9-16H,1-8H3,(H2,45,46,47,48,49,50,51,52). The number of fused-ring (bicyclic) bond motifs is 20. The Bertz CT molecular complexity index is 2800. The van der Waals surface area contributed by atoms with Gasteiger partial charge in [-0.05, 0) is 48.5 Å². The first-order chi connectivity index (χ1) is 26.7. The maximum Gasteiger partial charge on any atom is 0.164 e. The van der Waals surface area contributed by atoms with Crippen molar-refractivity contribution in [2.75, 3.05) is 76.0 Å². The van der Waals surface area contributed by atoms with Crippen molar-refractivity contribution in [2.24, 2.45) is 0 Å². The minimum Gasteiger partial charge on any atom is -0.375 e. The fourth-order valence-corrected chi connectivity index (χ4v) is 7.19. The molecule has 3 aromatic heterocycles. The summed E-state index contributed by atoms with van der Waals surface area (Å²) in [6.07, 6.45) is 0. The first-order valence-corrected chi connectivity index (χ1v) is 17.5. The minimum atomic E-state index is -0.506. The summed E-state index contributed by atoms with van der Waals surface area (Å²) in [4.78, 5) is 42.3. The van der Waals surface area contributed by atoms with E-state index >= 15 is 17.6 Å². The highest BCUT2D eigenvalue weighted by Crippen LogP contribution is 2.41. The number of benzene rings is 4. The zero-order valence-electron chi connectivity index (χ0n) is 31.6. The Balaban J connectivity index is 1.50. The van der Waals surface area contributed by atoms with E-state index in [1.807, 2.05) is 0 Å². The Hall–Kier alpha value is -6.84. The van der Waals surface area contributed by atoms with E-state index in [0.29, 0.717) is 66.5 Å². The maximum absolute atomic E-state index is 15.7. The van der Waals surface area contributed by atoms with Gasteiger partial charge in [0.2, 0.25) is 0 Å². The highest BCUT2D eigenvalue weighted by molar-refractivity contribution is 6.08. The smallest absolute Gasteiger partial charge is 0.164 e. The summed E-state index contributed by atoms with van der Waals surface area (Å²) in [6.45, 7) is 0. The number of halogens is 4. The molecular formula is C40H34F4N12. The van der Waals surface area contributed by atoms with E-state index in [2.05, 4.69) is 9.97 Å². The Morgan fingerprint density at radius 2 is 0.589 bits per heavy atom. The number of nitrogens with one attached hydrogen (secondary N) is 2. The molecule has 9 rings (SSSR count). The van der Waals surface area contributed by atoms with E-state index in [1.165, 1.54) is 24.3 Å². The minimum absolute atomic E-state index is 0.118. The van der Waals surface area contributed by atoms with Gasteiger partial charge in [-0.15, -0.1) is 0 Å². The fourth-order valence-electron chi connectivity index (χ4n) is 7.19. The van der Waals surface area contributed by atoms with Crippen LogP contribution in [0.3, 0.4) is 0 Å². The molecule has 2 aliphatic heterocycles. The third-order valence-corrected chi connectivity index (χ3v) is 10.0. The Morgan fingerprint density at radius 1 is 0.339 bits per heavy atom. The van der Waals surface area contributed by atoms with Crippen molar-refractivity contribution >= 4 is 66.9 Å². The molecule has 0 unspecified atom stereocenters. The van der Waals surface area contributed by atoms with Crippen LogP contribution in [-0.4, -0.2) is 96.3 Å². The molecule has 0 atom stereocenters. The molecule has 0 amide bonds. The van der Waals surface area contributed by atoms with Crippen molar-refractivity contribution < 1.29 is 17.6 Å². The van der Waals surface area contributed by atoms with Crippen LogP contribution in [0.25, 0.3) is 89.7 Å². The maximum atomic E-state index is 15.7. The zero-order chi connectivity index (χ0) is 39.5. The van der Waals surface area contributed by atoms with Gasteiger partial charge in [-0.25, -0.2) is 47.5 Å². The molecule has 282 valence electrons. The van der Waals surface area contributed by atoms with E-state index in [-0.39, 0.29) is 45.9 Å². The highest BCUT2D eigenvalue weighted by atomic mass is 19.1. The molecule has 2 N–H and O–H groups in total. The van der Waals surface area contributed by atoms with E-state index in [0.717, 1.165) is 0 Å². The van der Waals surface area contributed by atoms with Crippen LogP contribution in [0, 0.1) is 23.3 Å². The van der Waals surface area contributed by atoms with Crippen LogP contribution in [0.15, 0.2) is 48.5 Å². The van der Waals surface area contributed by atoms with Crippen LogP contribution in [0.2, 0.25) is 0 Å². The van der Waals surface area contributed by atoms with Crippen molar-refractivity contribution in [3.8, 4) is 45.6 Å². The van der Waals surface area contributed by atoms with Crippen LogP contribution >= 0.6 is 0 Å². The molecule has 0 saturated carbocycles. The predicted octanol–water partition coefficient (Wildman–Crippen LogP) is 7.69. The molecule has 56 heavy (non-hydrogen) atoms. The molecule has 16 heteroatoms. The summed E-state index contributed by atoms with van der Waals surface area (Å²) in [5, 5.41) is 1.79. The Kier molecular flexibility index (Phi) is 7.69. The first kappa shape index (κ1) is 34.9. The van der Waals surface area contributed by atoms with E-state index in [9.17, 15) is 0 Å². The SMILES string of the molecule is CN(C)c1cc2c(cc1F)-c1nc-2nc2[nH]c(nc3nc(nc4[nH]c(n1)c1cc(F)c(N(C)C)cc41)-c1cc(N(C)C)c(F)cc1-3)c1cc(F)c(N(C)C)cc21. The van der Waals surface area contributed by atoms with Gasteiger partial charge in [-0.1, -0.05) is 0 Å². The van der Waals surface area contributed by atoms with Gasteiger partial charge in [0, 0.05) is 100 Å². The molecule has 0 fully saturated rings. The lowest BCUT2D eigenvalue weighted by molar-refractivity contribution is 0.626. The van der Waals surface area contributed by atoms with Gasteiger partial charge in [0.15, 0.2) is 23.3 Å². The van der Waals surface area contributed by atoms with Crippen molar-refractivity contribution in [1.82, 2.24) is 39.9 Å². The average Bonchev–Trinajstić information content (AvgIpc) is 3.84. The van der Waals surface area contributed by atoms with Crippen LogP contribution in [0.5, 0.6) is 0 Å². The normalized spacial score (nSPS) is 11.9. The molecule has 8 bridgehead atoms. The summed E-state index contributed by atoms with van der Waals surface area (Å²) in [7, 11) is 13.8. The number of aromatic nitrogens is 8. The van der Waals surface area contributed by atoms with E-state index in [1.54, 1.807) is 100 Å². The molecule has 4 aromatic carbocycles. The number of H-pyrrole nitrogens is 2. The van der Waals surface area contributed by atoms with E-state index in [4.69, 9.17) is 29.9 Å². The van der Waals surface area contributed by atoms with Crippen molar-refractivity contribution in [3.05, 3.63) is 71.8 Å². The number of aromatic amines is 2. The van der Waals surface area contributed by atoms with Crippen molar-refractivity contribution in [1.29, 1.82) is 0 Å². The van der Waals surface area contributed by atoms with Gasteiger partial charge in [-0.2, -0.15) is 0 Å². The summed E-state index contributed by atoms with van der Waals surface area (Å²) >= 11 is 0. The molecular weight excluding hydrogens is 725 g/mol. The van der Waals surface area contributed by atoms with Gasteiger partial charge in [0.25, 0.3) is 0 Å². The number of rotatable bonds is 4. The second kappa shape index (κ2) is 12.3. The lowest BCUT2D eigenvalue weighted by atomic mass is 10.1. The van der Waals surface area contributed by atoms with Crippen LogP contribution in [0.4, 0.5) is 40.3 Å². The largest absolute Gasteiger partial charge is 0.375 e. The number of hydrogen-bond donors (Lipinski definition) is 2. The fraction of sp³-hybridized carbons (Fsp3) is 0.200. The topological polar surface area (TPSA) is 122 Å². The van der Waals surface area contributed by atoms with Crippen molar-refractivity contribution in [2.45, 2.75) is 0 Å². The molecule has 0 aliphatic carbocycles. The van der Waals surface area contributed by atoms with Gasteiger partial charge >= 0.3 is 0 Å². The summed E-state index contributed by atoms with van der Waals surface area (Å²) in [5.41, 5.74) is 3.84. The van der Waals surface area contributed by atoms with Gasteiger partial charge in [0.1, 0.15) is 45.9 Å². The van der Waals surface area contributed by atoms with Crippen LogP contribution in [0.1, 0.15) is 0 Å². The average molecular weight is 759 g/mol. The van der Waals surface area contributed by atoms with E-state index < -0.39 is 23.3 Å². The second-order valence-corrected chi connectivity index (χ2v) is 14.6. The highest BCUT2D eigenvalue weighted by Gasteiger charge is 2.26. The number of nitrogens with zero attached hydrogens (tertiary/aromatic N) is 10. The molecule has 2 aliphatic rings. The molecule has 7 aromatic rings. The second-order valence-electron chi connectivity index (χ2n) is 14.6. The van der Waals surface area contributed by atoms with Gasteiger partial charge < -0.3 is 29.6 Å². The third kappa shape index (κ3) is 5.34. The monoisotopic (exact) mass is 758 g/mol. The Labute approximate surface area is 317 Å². The van der Waals surface area contributed by atoms with Gasteiger partial charge in [0.05, 0.1) is 22.7 Å². The number of hydrogen-bond acceptors (Lipinski definition) is 10.